The topological polar surface area (TPSA) is 98.6 Å². The number of aromatic amines is 1. The Morgan fingerprint density at radius 1 is 1.33 bits per heavy atom. The average molecular weight is 461 g/mol. The van der Waals surface area contributed by atoms with E-state index in [1.54, 1.807) is 32.2 Å². The van der Waals surface area contributed by atoms with E-state index in [9.17, 15) is 9.59 Å². The highest BCUT2D eigenvalue weighted by Gasteiger charge is 2.14. The molecule has 154 valence electrons. The molecule has 9 heteroatoms. The number of benzene rings is 1. The SMILES string of the molecule is Cc1[nH]c(=O)c(C#N)c(C)c1CCC(=O)Nc1ncc(Cc2ccc(Cl)cc2Cl)s1. The second-order valence-electron chi connectivity index (χ2n) is 6.76. The molecule has 0 spiro atoms. The number of anilines is 1. The summed E-state index contributed by atoms with van der Waals surface area (Å²) in [6.07, 6.45) is 2.92. The van der Waals surface area contributed by atoms with Crippen LogP contribution in [0.4, 0.5) is 5.13 Å². The Bertz CT molecular complexity index is 1210. The molecular weight excluding hydrogens is 443 g/mol. The van der Waals surface area contributed by atoms with E-state index in [-0.39, 0.29) is 17.9 Å². The van der Waals surface area contributed by atoms with Gasteiger partial charge >= 0.3 is 0 Å². The van der Waals surface area contributed by atoms with E-state index < -0.39 is 5.56 Å². The minimum absolute atomic E-state index is 0.0847. The van der Waals surface area contributed by atoms with Crippen LogP contribution in [0.1, 0.15) is 39.2 Å². The summed E-state index contributed by atoms with van der Waals surface area (Å²) in [7, 11) is 0. The number of H-pyrrole nitrogens is 1. The Hall–Kier alpha value is -2.66. The monoisotopic (exact) mass is 460 g/mol. The first kappa shape index (κ1) is 22.0. The van der Waals surface area contributed by atoms with Crippen LogP contribution in [0.15, 0.2) is 29.2 Å². The van der Waals surface area contributed by atoms with E-state index >= 15 is 0 Å². The molecule has 0 aliphatic rings. The number of pyridine rings is 1. The van der Waals surface area contributed by atoms with Crippen molar-refractivity contribution in [3.05, 3.63) is 77.6 Å². The molecule has 0 radical (unpaired) electrons. The van der Waals surface area contributed by atoms with Crippen LogP contribution in [0.3, 0.4) is 0 Å². The summed E-state index contributed by atoms with van der Waals surface area (Å²) < 4.78 is 0. The molecular formula is C21H18Cl2N4O2S. The third kappa shape index (κ3) is 5.08. The lowest BCUT2D eigenvalue weighted by Gasteiger charge is -2.10. The average Bonchev–Trinajstić information content (AvgIpc) is 3.10. The molecule has 1 aromatic carbocycles. The number of carbonyl (C=O) groups is 1. The molecule has 3 rings (SSSR count). The van der Waals surface area contributed by atoms with Gasteiger partial charge in [-0.15, -0.1) is 11.3 Å². The number of carbonyl (C=O) groups excluding carboxylic acids is 1. The summed E-state index contributed by atoms with van der Waals surface area (Å²) in [5, 5.41) is 13.6. The molecule has 0 bridgehead atoms. The quantitative estimate of drug-likeness (QED) is 0.552. The molecule has 2 aromatic heterocycles. The predicted octanol–water partition coefficient (Wildman–Crippen LogP) is 4.79. The molecule has 0 atom stereocenters. The van der Waals surface area contributed by atoms with E-state index in [2.05, 4.69) is 15.3 Å². The van der Waals surface area contributed by atoms with Crippen LogP contribution in [-0.4, -0.2) is 15.9 Å². The fraction of sp³-hybridized carbons (Fsp3) is 0.238. The number of amides is 1. The first-order chi connectivity index (χ1) is 14.3. The predicted molar refractivity (Wildman–Crippen MR) is 120 cm³/mol. The zero-order valence-corrected chi connectivity index (χ0v) is 18.6. The zero-order valence-electron chi connectivity index (χ0n) is 16.3. The second-order valence-corrected chi connectivity index (χ2v) is 8.72. The van der Waals surface area contributed by atoms with E-state index in [4.69, 9.17) is 28.5 Å². The lowest BCUT2D eigenvalue weighted by molar-refractivity contribution is -0.116. The molecule has 0 aliphatic heterocycles. The third-order valence-electron chi connectivity index (χ3n) is 4.70. The van der Waals surface area contributed by atoms with Gasteiger partial charge in [-0.25, -0.2) is 4.98 Å². The Morgan fingerprint density at radius 3 is 2.80 bits per heavy atom. The largest absolute Gasteiger partial charge is 0.325 e. The molecule has 0 fully saturated rings. The van der Waals surface area contributed by atoms with Gasteiger partial charge in [0.2, 0.25) is 5.91 Å². The van der Waals surface area contributed by atoms with Crippen molar-refractivity contribution in [1.29, 1.82) is 5.26 Å². The zero-order chi connectivity index (χ0) is 21.8. The number of aromatic nitrogens is 2. The van der Waals surface area contributed by atoms with Crippen LogP contribution in [0.5, 0.6) is 0 Å². The number of thiazole rings is 1. The van der Waals surface area contributed by atoms with E-state index in [0.717, 1.165) is 16.0 Å². The second kappa shape index (κ2) is 9.43. The molecule has 0 unspecified atom stereocenters. The van der Waals surface area contributed by atoms with Crippen LogP contribution in [-0.2, 0) is 17.6 Å². The Labute approximate surface area is 187 Å². The van der Waals surface area contributed by atoms with Gasteiger partial charge in [0.15, 0.2) is 5.13 Å². The maximum atomic E-state index is 12.4. The number of hydrogen-bond donors (Lipinski definition) is 2. The number of hydrogen-bond acceptors (Lipinski definition) is 5. The van der Waals surface area contributed by atoms with Crippen molar-refractivity contribution in [2.45, 2.75) is 33.1 Å². The lowest BCUT2D eigenvalue weighted by Crippen LogP contribution is -2.18. The summed E-state index contributed by atoms with van der Waals surface area (Å²) in [6, 6.07) is 7.26. The molecule has 6 nitrogen and oxygen atoms in total. The smallest absolute Gasteiger partial charge is 0.266 e. The van der Waals surface area contributed by atoms with Crippen molar-refractivity contribution in [3.63, 3.8) is 0 Å². The Morgan fingerprint density at radius 2 is 2.10 bits per heavy atom. The normalized spacial score (nSPS) is 10.6. The number of aryl methyl sites for hydroxylation is 1. The maximum Gasteiger partial charge on any atom is 0.266 e. The summed E-state index contributed by atoms with van der Waals surface area (Å²) >= 11 is 13.5. The molecule has 1 amide bonds. The first-order valence-corrected chi connectivity index (χ1v) is 10.7. The van der Waals surface area contributed by atoms with Crippen molar-refractivity contribution in [2.75, 3.05) is 5.32 Å². The number of nitrogens with one attached hydrogen (secondary N) is 2. The van der Waals surface area contributed by atoms with Crippen molar-refractivity contribution >= 4 is 45.6 Å². The Balaban J connectivity index is 1.63. The van der Waals surface area contributed by atoms with Crippen molar-refractivity contribution in [3.8, 4) is 6.07 Å². The number of rotatable bonds is 6. The van der Waals surface area contributed by atoms with Gasteiger partial charge in [0.05, 0.1) is 0 Å². The number of halogens is 2. The molecule has 2 N–H and O–H groups in total. The molecule has 2 heterocycles. The maximum absolute atomic E-state index is 12.4. The van der Waals surface area contributed by atoms with E-state index in [1.807, 2.05) is 12.1 Å². The molecule has 3 aromatic rings. The molecule has 0 aliphatic carbocycles. The highest BCUT2D eigenvalue weighted by atomic mass is 35.5. The van der Waals surface area contributed by atoms with Crippen molar-refractivity contribution in [2.24, 2.45) is 0 Å². The van der Waals surface area contributed by atoms with Crippen LogP contribution in [0.2, 0.25) is 10.0 Å². The van der Waals surface area contributed by atoms with Gasteiger partial charge in [-0.2, -0.15) is 5.26 Å². The van der Waals surface area contributed by atoms with Gasteiger partial charge in [0.1, 0.15) is 11.6 Å². The van der Waals surface area contributed by atoms with Gasteiger partial charge in [-0.1, -0.05) is 29.3 Å². The highest BCUT2D eigenvalue weighted by Crippen LogP contribution is 2.27. The molecule has 30 heavy (non-hydrogen) atoms. The van der Waals surface area contributed by atoms with Gasteiger partial charge in [0, 0.05) is 39.7 Å². The number of nitriles is 1. The lowest BCUT2D eigenvalue weighted by atomic mass is 9.99. The summed E-state index contributed by atoms with van der Waals surface area (Å²) in [4.78, 5) is 32.1. The van der Waals surface area contributed by atoms with Crippen LogP contribution >= 0.6 is 34.5 Å². The molecule has 0 saturated carbocycles. The number of nitrogens with zero attached hydrogens (tertiary/aromatic N) is 2. The van der Waals surface area contributed by atoms with Crippen molar-refractivity contribution in [1.82, 2.24) is 9.97 Å². The summed E-state index contributed by atoms with van der Waals surface area (Å²) in [5.74, 6) is -0.191. The summed E-state index contributed by atoms with van der Waals surface area (Å²) in [5.41, 5.74) is 2.69. The standard InChI is InChI=1S/C21H18Cl2N4O2S/c1-11-16(12(2)26-20(29)17(11)9-24)5-6-19(28)27-21-25-10-15(30-21)7-13-3-4-14(22)8-18(13)23/h3-4,8,10H,5-7H2,1-2H3,(H,26,29)(H,25,27,28). The third-order valence-corrected chi connectivity index (χ3v) is 6.20. The molecule has 0 saturated heterocycles. The van der Waals surface area contributed by atoms with Crippen LogP contribution in [0.25, 0.3) is 0 Å². The van der Waals surface area contributed by atoms with Gasteiger partial charge < -0.3 is 10.3 Å². The van der Waals surface area contributed by atoms with Gasteiger partial charge in [-0.05, 0) is 49.1 Å². The van der Waals surface area contributed by atoms with Gasteiger partial charge in [-0.3, -0.25) is 9.59 Å². The highest BCUT2D eigenvalue weighted by molar-refractivity contribution is 7.15. The van der Waals surface area contributed by atoms with E-state index in [1.165, 1.54) is 11.3 Å². The van der Waals surface area contributed by atoms with Gasteiger partial charge in [0.25, 0.3) is 5.56 Å². The minimum Gasteiger partial charge on any atom is -0.325 e. The van der Waals surface area contributed by atoms with E-state index in [0.29, 0.717) is 39.3 Å². The summed E-state index contributed by atoms with van der Waals surface area (Å²) in [6.45, 7) is 3.49. The van der Waals surface area contributed by atoms with Crippen molar-refractivity contribution < 1.29 is 4.79 Å². The minimum atomic E-state index is -0.406. The fourth-order valence-corrected chi connectivity index (χ4v) is 4.47. The first-order valence-electron chi connectivity index (χ1n) is 9.09. The van der Waals surface area contributed by atoms with Crippen LogP contribution in [0, 0.1) is 25.2 Å². The Kier molecular flexibility index (Phi) is 6.93. The van der Waals surface area contributed by atoms with Crippen LogP contribution < -0.4 is 10.9 Å². The fourth-order valence-electron chi connectivity index (χ4n) is 3.14.